The van der Waals surface area contributed by atoms with Crippen LogP contribution in [0.2, 0.25) is 0 Å². The molecule has 0 aromatic heterocycles. The van der Waals surface area contributed by atoms with Gasteiger partial charge in [-0.05, 0) is 22.3 Å². The topological polar surface area (TPSA) is 41.3 Å². The Kier molecular flexibility index (Phi) is 3.70. The van der Waals surface area contributed by atoms with Gasteiger partial charge in [0.2, 0.25) is 0 Å². The highest BCUT2D eigenvalue weighted by Gasteiger charge is 2.35. The first-order valence-corrected chi connectivity index (χ1v) is 8.20. The van der Waals surface area contributed by atoms with Gasteiger partial charge in [0.15, 0.2) is 0 Å². The molecule has 0 bridgehead atoms. The molecule has 0 radical (unpaired) electrons. The van der Waals surface area contributed by atoms with E-state index in [4.69, 9.17) is 5.73 Å². The van der Waals surface area contributed by atoms with Gasteiger partial charge in [0.1, 0.15) is 0 Å². The molecule has 3 N–H and O–H groups in total. The van der Waals surface area contributed by atoms with Gasteiger partial charge in [0, 0.05) is 44.7 Å². The lowest BCUT2D eigenvalue weighted by Crippen LogP contribution is -2.50. The summed E-state index contributed by atoms with van der Waals surface area (Å²) in [5, 5.41) is 3.54. The lowest BCUT2D eigenvalue weighted by Gasteiger charge is -2.45. The number of nitrogens with zero attached hydrogens (tertiary/aromatic N) is 1. The molecule has 1 saturated heterocycles. The van der Waals surface area contributed by atoms with Crippen LogP contribution in [0.15, 0.2) is 48.5 Å². The number of nitrogens with one attached hydrogen (secondary N) is 1. The van der Waals surface area contributed by atoms with Crippen LogP contribution in [0, 0.1) is 0 Å². The zero-order chi connectivity index (χ0) is 14.9. The molecule has 3 heteroatoms. The summed E-state index contributed by atoms with van der Waals surface area (Å²) >= 11 is 0. The number of hydrogen-bond donors (Lipinski definition) is 2. The van der Waals surface area contributed by atoms with E-state index in [0.717, 1.165) is 26.2 Å². The molecule has 2 aliphatic rings. The van der Waals surface area contributed by atoms with E-state index in [9.17, 15) is 0 Å². The van der Waals surface area contributed by atoms with Crippen LogP contribution in [-0.4, -0.2) is 31.1 Å². The van der Waals surface area contributed by atoms with Crippen molar-refractivity contribution in [3.05, 3.63) is 70.8 Å². The first-order chi connectivity index (χ1) is 10.9. The van der Waals surface area contributed by atoms with Gasteiger partial charge in [-0.2, -0.15) is 0 Å². The van der Waals surface area contributed by atoms with E-state index in [1.54, 1.807) is 0 Å². The standard InChI is InChI=1S/C19H23N3/c20-11-15-7-4-8-16-18-12-21-9-10-22(18)13-17(19(15)16)14-5-2-1-3-6-14/h1-8,17-18,21H,9-13,20H2/t17-,18+/m0/s1. The van der Waals surface area contributed by atoms with Crippen molar-refractivity contribution in [2.24, 2.45) is 5.73 Å². The third-order valence-electron chi connectivity index (χ3n) is 5.13. The number of fused-ring (bicyclic) bond motifs is 3. The minimum atomic E-state index is 0.435. The van der Waals surface area contributed by atoms with Crippen LogP contribution in [-0.2, 0) is 6.54 Å². The maximum Gasteiger partial charge on any atom is 0.0476 e. The third kappa shape index (κ3) is 2.26. The molecule has 0 saturated carbocycles. The smallest absolute Gasteiger partial charge is 0.0476 e. The maximum absolute atomic E-state index is 6.05. The van der Waals surface area contributed by atoms with Crippen molar-refractivity contribution in [1.29, 1.82) is 0 Å². The van der Waals surface area contributed by atoms with Crippen molar-refractivity contribution in [3.63, 3.8) is 0 Å². The predicted octanol–water partition coefficient (Wildman–Crippen LogP) is 2.24. The largest absolute Gasteiger partial charge is 0.326 e. The van der Waals surface area contributed by atoms with Gasteiger partial charge in [0.25, 0.3) is 0 Å². The molecule has 0 spiro atoms. The summed E-state index contributed by atoms with van der Waals surface area (Å²) in [7, 11) is 0. The Morgan fingerprint density at radius 3 is 2.77 bits per heavy atom. The van der Waals surface area contributed by atoms with Gasteiger partial charge in [-0.3, -0.25) is 4.90 Å². The van der Waals surface area contributed by atoms with Crippen LogP contribution < -0.4 is 11.1 Å². The molecule has 22 heavy (non-hydrogen) atoms. The number of piperazine rings is 1. The SMILES string of the molecule is NCc1cccc2c1[C@H](c1ccccc1)CN1CCNC[C@H]21. The number of hydrogen-bond acceptors (Lipinski definition) is 3. The third-order valence-corrected chi connectivity index (χ3v) is 5.13. The van der Waals surface area contributed by atoms with E-state index < -0.39 is 0 Å². The van der Waals surface area contributed by atoms with Gasteiger partial charge in [0.05, 0.1) is 0 Å². The minimum absolute atomic E-state index is 0.435. The first kappa shape index (κ1) is 13.9. The average molecular weight is 293 g/mol. The molecule has 0 aliphatic carbocycles. The lowest BCUT2D eigenvalue weighted by atomic mass is 9.78. The maximum atomic E-state index is 6.05. The van der Waals surface area contributed by atoms with Gasteiger partial charge < -0.3 is 11.1 Å². The molecule has 2 atom stereocenters. The van der Waals surface area contributed by atoms with Crippen molar-refractivity contribution in [2.45, 2.75) is 18.5 Å². The summed E-state index contributed by atoms with van der Waals surface area (Å²) in [6.45, 7) is 4.97. The molecule has 2 heterocycles. The molecular weight excluding hydrogens is 270 g/mol. The average Bonchev–Trinajstić information content (AvgIpc) is 2.61. The Morgan fingerprint density at radius 2 is 1.95 bits per heavy atom. The normalized spacial score (nSPS) is 24.6. The zero-order valence-corrected chi connectivity index (χ0v) is 12.8. The zero-order valence-electron chi connectivity index (χ0n) is 12.8. The summed E-state index contributed by atoms with van der Waals surface area (Å²) in [5.41, 5.74) is 11.7. The monoisotopic (exact) mass is 293 g/mol. The van der Waals surface area contributed by atoms with Crippen molar-refractivity contribution < 1.29 is 0 Å². The fraction of sp³-hybridized carbons (Fsp3) is 0.368. The van der Waals surface area contributed by atoms with Crippen LogP contribution in [0.3, 0.4) is 0 Å². The van der Waals surface area contributed by atoms with E-state index in [1.807, 2.05) is 0 Å². The summed E-state index contributed by atoms with van der Waals surface area (Å²) in [4.78, 5) is 2.64. The second-order valence-electron chi connectivity index (χ2n) is 6.30. The summed E-state index contributed by atoms with van der Waals surface area (Å²) < 4.78 is 0. The van der Waals surface area contributed by atoms with Gasteiger partial charge in [-0.1, -0.05) is 48.5 Å². The fourth-order valence-electron chi connectivity index (χ4n) is 4.08. The first-order valence-electron chi connectivity index (χ1n) is 8.20. The highest BCUT2D eigenvalue weighted by atomic mass is 15.2. The quantitative estimate of drug-likeness (QED) is 0.892. The lowest BCUT2D eigenvalue weighted by molar-refractivity contribution is 0.143. The van der Waals surface area contributed by atoms with Crippen LogP contribution in [0.4, 0.5) is 0 Å². The molecule has 4 rings (SSSR count). The fourth-order valence-corrected chi connectivity index (χ4v) is 4.08. The van der Waals surface area contributed by atoms with Gasteiger partial charge >= 0.3 is 0 Å². The Morgan fingerprint density at radius 1 is 1.09 bits per heavy atom. The van der Waals surface area contributed by atoms with Crippen molar-refractivity contribution in [3.8, 4) is 0 Å². The molecule has 2 aromatic rings. The van der Waals surface area contributed by atoms with Gasteiger partial charge in [-0.15, -0.1) is 0 Å². The molecule has 2 aromatic carbocycles. The van der Waals surface area contributed by atoms with Crippen LogP contribution >= 0.6 is 0 Å². The number of nitrogens with two attached hydrogens (primary N) is 1. The Bertz CT molecular complexity index is 653. The van der Waals surface area contributed by atoms with E-state index in [2.05, 4.69) is 58.7 Å². The molecule has 2 aliphatic heterocycles. The van der Waals surface area contributed by atoms with E-state index in [0.29, 0.717) is 18.5 Å². The second-order valence-corrected chi connectivity index (χ2v) is 6.30. The Labute approximate surface area is 132 Å². The van der Waals surface area contributed by atoms with Crippen molar-refractivity contribution in [2.75, 3.05) is 26.2 Å². The van der Waals surface area contributed by atoms with Crippen molar-refractivity contribution >= 4 is 0 Å². The Hall–Kier alpha value is -1.68. The van der Waals surface area contributed by atoms with E-state index >= 15 is 0 Å². The van der Waals surface area contributed by atoms with Crippen LogP contribution in [0.5, 0.6) is 0 Å². The molecule has 0 unspecified atom stereocenters. The second kappa shape index (κ2) is 5.84. The van der Waals surface area contributed by atoms with Crippen molar-refractivity contribution in [1.82, 2.24) is 10.2 Å². The molecular formula is C19H23N3. The molecule has 114 valence electrons. The highest BCUT2D eigenvalue weighted by Crippen LogP contribution is 2.41. The minimum Gasteiger partial charge on any atom is -0.326 e. The molecule has 0 amide bonds. The van der Waals surface area contributed by atoms with Crippen LogP contribution in [0.25, 0.3) is 0 Å². The van der Waals surface area contributed by atoms with E-state index in [1.165, 1.54) is 22.3 Å². The summed E-state index contributed by atoms with van der Waals surface area (Å²) in [6.07, 6.45) is 0. The summed E-state index contributed by atoms with van der Waals surface area (Å²) in [6, 6.07) is 18.0. The molecule has 3 nitrogen and oxygen atoms in total. The van der Waals surface area contributed by atoms with Gasteiger partial charge in [-0.25, -0.2) is 0 Å². The number of rotatable bonds is 2. The predicted molar refractivity (Wildman–Crippen MR) is 89.8 cm³/mol. The van der Waals surface area contributed by atoms with Crippen LogP contribution in [0.1, 0.15) is 34.2 Å². The molecule has 1 fully saturated rings. The highest BCUT2D eigenvalue weighted by molar-refractivity contribution is 5.47. The summed E-state index contributed by atoms with van der Waals surface area (Å²) in [5.74, 6) is 0.435. The Balaban J connectivity index is 1.86. The van der Waals surface area contributed by atoms with E-state index in [-0.39, 0.29) is 0 Å². The number of benzene rings is 2.